The predicted octanol–water partition coefficient (Wildman–Crippen LogP) is 3.09. The molecule has 2 rings (SSSR count). The monoisotopic (exact) mass is 327 g/mol. The number of rotatable bonds is 6. The highest BCUT2D eigenvalue weighted by atomic mass is 16.5. The average molecular weight is 327 g/mol. The molecule has 0 aromatic heterocycles. The van der Waals surface area contributed by atoms with Gasteiger partial charge in [0, 0.05) is 18.3 Å². The summed E-state index contributed by atoms with van der Waals surface area (Å²) >= 11 is 0. The topological polar surface area (TPSA) is 79.5 Å². The summed E-state index contributed by atoms with van der Waals surface area (Å²) in [7, 11) is 1.56. The lowest BCUT2D eigenvalue weighted by atomic mass is 10.2. The van der Waals surface area contributed by atoms with Crippen molar-refractivity contribution in [2.24, 2.45) is 0 Å². The van der Waals surface area contributed by atoms with E-state index in [4.69, 9.17) is 4.74 Å². The molecule has 0 bridgehead atoms. The van der Waals surface area contributed by atoms with E-state index in [0.29, 0.717) is 17.1 Å². The van der Waals surface area contributed by atoms with Gasteiger partial charge in [-0.2, -0.15) is 0 Å². The summed E-state index contributed by atoms with van der Waals surface area (Å²) < 4.78 is 5.22. The molecule has 0 aliphatic rings. The van der Waals surface area contributed by atoms with Gasteiger partial charge in [0.25, 0.3) is 0 Å². The van der Waals surface area contributed by atoms with Gasteiger partial charge in [0.15, 0.2) is 0 Å². The molecule has 2 aromatic carbocycles. The van der Waals surface area contributed by atoms with Gasteiger partial charge >= 0.3 is 0 Å². The molecule has 3 N–H and O–H groups in total. The molecule has 0 spiro atoms. The smallest absolute Gasteiger partial charge is 0.246 e. The minimum Gasteiger partial charge on any atom is -0.495 e. The Hall–Kier alpha value is -3.02. The van der Waals surface area contributed by atoms with Gasteiger partial charge in [0.1, 0.15) is 11.8 Å². The quantitative estimate of drug-likeness (QED) is 0.762. The summed E-state index contributed by atoms with van der Waals surface area (Å²) in [6.07, 6.45) is 0. The van der Waals surface area contributed by atoms with Crippen molar-refractivity contribution >= 4 is 28.9 Å². The molecular formula is C18H21N3O3. The lowest BCUT2D eigenvalue weighted by Gasteiger charge is -2.17. The Morgan fingerprint density at radius 3 is 2.42 bits per heavy atom. The van der Waals surface area contributed by atoms with E-state index in [0.717, 1.165) is 5.69 Å². The van der Waals surface area contributed by atoms with Crippen LogP contribution in [0.5, 0.6) is 5.75 Å². The zero-order valence-corrected chi connectivity index (χ0v) is 13.9. The van der Waals surface area contributed by atoms with E-state index in [1.54, 1.807) is 44.4 Å². The predicted molar refractivity (Wildman–Crippen MR) is 95.5 cm³/mol. The minimum atomic E-state index is -0.470. The third-order valence-corrected chi connectivity index (χ3v) is 3.32. The third kappa shape index (κ3) is 4.74. The van der Waals surface area contributed by atoms with E-state index in [9.17, 15) is 9.59 Å². The summed E-state index contributed by atoms with van der Waals surface area (Å²) in [6.45, 7) is 3.21. The molecule has 24 heavy (non-hydrogen) atoms. The van der Waals surface area contributed by atoms with Crippen molar-refractivity contribution in [2.75, 3.05) is 23.1 Å². The first-order valence-electron chi connectivity index (χ1n) is 7.57. The molecule has 0 heterocycles. The lowest BCUT2D eigenvalue weighted by Crippen LogP contribution is -2.32. The van der Waals surface area contributed by atoms with Crippen LogP contribution in [-0.4, -0.2) is 25.0 Å². The molecule has 6 heteroatoms. The van der Waals surface area contributed by atoms with Crippen LogP contribution in [0.25, 0.3) is 0 Å². The molecule has 2 aromatic rings. The van der Waals surface area contributed by atoms with E-state index in [1.165, 1.54) is 6.92 Å². The van der Waals surface area contributed by atoms with Crippen LogP contribution in [-0.2, 0) is 9.59 Å². The highest BCUT2D eigenvalue weighted by Crippen LogP contribution is 2.23. The zero-order valence-electron chi connectivity index (χ0n) is 13.9. The number of amides is 2. The van der Waals surface area contributed by atoms with Crippen LogP contribution < -0.4 is 20.7 Å². The SMILES string of the molecule is COc1ccccc1NC(=O)C(C)Nc1cccc(NC(C)=O)c1. The Bertz CT molecular complexity index is 731. The molecule has 0 aliphatic carbocycles. The van der Waals surface area contributed by atoms with Crippen LogP contribution in [0, 0.1) is 0 Å². The molecule has 1 unspecified atom stereocenters. The highest BCUT2D eigenvalue weighted by Gasteiger charge is 2.14. The first-order chi connectivity index (χ1) is 11.5. The Balaban J connectivity index is 2.02. The Labute approximate surface area is 141 Å². The highest BCUT2D eigenvalue weighted by molar-refractivity contribution is 5.97. The van der Waals surface area contributed by atoms with Gasteiger partial charge in [0.2, 0.25) is 11.8 Å². The first kappa shape index (κ1) is 17.3. The van der Waals surface area contributed by atoms with Crippen LogP contribution in [0.2, 0.25) is 0 Å². The summed E-state index contributed by atoms with van der Waals surface area (Å²) in [5.41, 5.74) is 2.03. The van der Waals surface area contributed by atoms with Crippen LogP contribution in [0.15, 0.2) is 48.5 Å². The van der Waals surface area contributed by atoms with Crippen molar-refractivity contribution in [3.8, 4) is 5.75 Å². The second-order valence-corrected chi connectivity index (χ2v) is 5.32. The summed E-state index contributed by atoms with van der Waals surface area (Å²) in [6, 6.07) is 13.9. The maximum Gasteiger partial charge on any atom is 0.246 e. The van der Waals surface area contributed by atoms with Gasteiger partial charge in [-0.1, -0.05) is 18.2 Å². The molecule has 126 valence electrons. The molecule has 0 fully saturated rings. The molecular weight excluding hydrogens is 306 g/mol. The minimum absolute atomic E-state index is 0.144. The maximum absolute atomic E-state index is 12.3. The van der Waals surface area contributed by atoms with Crippen LogP contribution in [0.3, 0.4) is 0 Å². The van der Waals surface area contributed by atoms with E-state index in [1.807, 2.05) is 18.2 Å². The number of nitrogens with one attached hydrogen (secondary N) is 3. The van der Waals surface area contributed by atoms with Crippen molar-refractivity contribution in [1.82, 2.24) is 0 Å². The second kappa shape index (κ2) is 8.01. The van der Waals surface area contributed by atoms with Gasteiger partial charge < -0.3 is 20.7 Å². The number of para-hydroxylation sites is 2. The Kier molecular flexibility index (Phi) is 5.78. The van der Waals surface area contributed by atoms with E-state index < -0.39 is 6.04 Å². The van der Waals surface area contributed by atoms with E-state index >= 15 is 0 Å². The van der Waals surface area contributed by atoms with Crippen LogP contribution in [0.4, 0.5) is 17.1 Å². The number of carbonyl (C=O) groups excluding carboxylic acids is 2. The van der Waals surface area contributed by atoms with Crippen LogP contribution in [0.1, 0.15) is 13.8 Å². The number of anilines is 3. The molecule has 0 radical (unpaired) electrons. The van der Waals surface area contributed by atoms with E-state index in [-0.39, 0.29) is 11.8 Å². The molecule has 1 atom stereocenters. The largest absolute Gasteiger partial charge is 0.495 e. The molecule has 6 nitrogen and oxygen atoms in total. The summed E-state index contributed by atoms with van der Waals surface area (Å²) in [4.78, 5) is 23.5. The number of ether oxygens (including phenoxy) is 1. The fraction of sp³-hybridized carbons (Fsp3) is 0.222. The molecule has 0 aliphatic heterocycles. The number of methoxy groups -OCH3 is 1. The zero-order chi connectivity index (χ0) is 17.5. The Morgan fingerprint density at radius 2 is 1.71 bits per heavy atom. The fourth-order valence-corrected chi connectivity index (χ4v) is 2.19. The maximum atomic E-state index is 12.3. The van der Waals surface area contributed by atoms with Crippen molar-refractivity contribution in [3.05, 3.63) is 48.5 Å². The second-order valence-electron chi connectivity index (χ2n) is 5.32. The van der Waals surface area contributed by atoms with Gasteiger partial charge in [-0.15, -0.1) is 0 Å². The number of hydrogen-bond donors (Lipinski definition) is 3. The summed E-state index contributed by atoms with van der Waals surface area (Å²) in [5.74, 6) is 0.268. The van der Waals surface area contributed by atoms with Crippen molar-refractivity contribution in [3.63, 3.8) is 0 Å². The van der Waals surface area contributed by atoms with Gasteiger partial charge in [-0.3, -0.25) is 9.59 Å². The average Bonchev–Trinajstić information content (AvgIpc) is 2.55. The number of benzene rings is 2. The van der Waals surface area contributed by atoms with Gasteiger partial charge in [0.05, 0.1) is 12.8 Å². The molecule has 2 amide bonds. The molecule has 0 saturated heterocycles. The standard InChI is InChI=1S/C18H21N3O3/c1-12(18(23)21-16-9-4-5-10-17(16)24-3)19-14-7-6-8-15(11-14)20-13(2)22/h4-12,19H,1-3H3,(H,20,22)(H,21,23). The van der Waals surface area contributed by atoms with Gasteiger partial charge in [-0.05, 0) is 37.3 Å². The fourth-order valence-electron chi connectivity index (χ4n) is 2.19. The van der Waals surface area contributed by atoms with Crippen molar-refractivity contribution < 1.29 is 14.3 Å². The van der Waals surface area contributed by atoms with Crippen molar-refractivity contribution in [2.45, 2.75) is 19.9 Å². The summed E-state index contributed by atoms with van der Waals surface area (Å²) in [5, 5.41) is 8.65. The number of carbonyl (C=O) groups is 2. The van der Waals surface area contributed by atoms with Crippen LogP contribution >= 0.6 is 0 Å². The normalized spacial score (nSPS) is 11.3. The van der Waals surface area contributed by atoms with E-state index in [2.05, 4.69) is 16.0 Å². The number of hydrogen-bond acceptors (Lipinski definition) is 4. The molecule has 0 saturated carbocycles. The van der Waals surface area contributed by atoms with Crippen molar-refractivity contribution in [1.29, 1.82) is 0 Å². The first-order valence-corrected chi connectivity index (χ1v) is 7.57. The third-order valence-electron chi connectivity index (χ3n) is 3.32. The van der Waals surface area contributed by atoms with Gasteiger partial charge in [-0.25, -0.2) is 0 Å². The Morgan fingerprint density at radius 1 is 1.00 bits per heavy atom. The lowest BCUT2D eigenvalue weighted by molar-refractivity contribution is -0.116.